The molecule has 0 aliphatic carbocycles. The predicted octanol–water partition coefficient (Wildman–Crippen LogP) is 9.01. The highest BCUT2D eigenvalue weighted by Gasteiger charge is 2.36. The number of ether oxygens (including phenoxy) is 1. The first-order valence-corrected chi connectivity index (χ1v) is 12.8. The van der Waals surface area contributed by atoms with E-state index in [9.17, 15) is 13.2 Å². The van der Waals surface area contributed by atoms with Gasteiger partial charge in [0, 0.05) is 21.7 Å². The molecule has 6 aromatic rings. The number of para-hydroxylation sites is 1. The molecule has 2 heterocycles. The monoisotopic (exact) mass is 555 g/mol. The van der Waals surface area contributed by atoms with Crippen molar-refractivity contribution in [3.63, 3.8) is 0 Å². The lowest BCUT2D eigenvalue weighted by Gasteiger charge is -2.13. The van der Waals surface area contributed by atoms with Crippen LogP contribution in [-0.2, 0) is 12.8 Å². The van der Waals surface area contributed by atoms with Gasteiger partial charge in [0.2, 0.25) is 0 Å². The molecule has 0 atom stereocenters. The molecular weight excluding hydrogens is 535 g/mol. The third-order valence-electron chi connectivity index (χ3n) is 6.49. The van der Waals surface area contributed by atoms with E-state index < -0.39 is 11.7 Å². The Labute approximate surface area is 233 Å². The van der Waals surface area contributed by atoms with Gasteiger partial charge >= 0.3 is 6.18 Å². The summed E-state index contributed by atoms with van der Waals surface area (Å²) in [4.78, 5) is 4.72. The maximum atomic E-state index is 14.6. The maximum absolute atomic E-state index is 14.6. The van der Waals surface area contributed by atoms with Crippen molar-refractivity contribution in [2.45, 2.75) is 12.8 Å². The molecular formula is C32H21ClF3N3O. The Kier molecular flexibility index (Phi) is 6.74. The van der Waals surface area contributed by atoms with E-state index >= 15 is 0 Å². The summed E-state index contributed by atoms with van der Waals surface area (Å²) in [6.45, 7) is 0.264. The van der Waals surface area contributed by atoms with Crippen molar-refractivity contribution < 1.29 is 17.9 Å². The number of benzene rings is 4. The average Bonchev–Trinajstić information content (AvgIpc) is 3.36. The minimum absolute atomic E-state index is 0.0500. The number of aromatic nitrogens is 3. The van der Waals surface area contributed by atoms with Crippen LogP contribution >= 0.6 is 11.6 Å². The molecule has 4 aromatic carbocycles. The van der Waals surface area contributed by atoms with Crippen molar-refractivity contribution in [2.24, 2.45) is 0 Å². The number of hydrogen-bond acceptors (Lipinski definition) is 3. The van der Waals surface area contributed by atoms with Gasteiger partial charge < -0.3 is 4.74 Å². The Balaban J connectivity index is 1.47. The van der Waals surface area contributed by atoms with Crippen LogP contribution in [0.4, 0.5) is 13.2 Å². The Hall–Kier alpha value is -4.62. The molecule has 0 fully saturated rings. The molecule has 0 aliphatic rings. The average molecular weight is 556 g/mol. The second kappa shape index (κ2) is 10.5. The lowest BCUT2D eigenvalue weighted by atomic mass is 10.0. The molecule has 0 saturated heterocycles. The van der Waals surface area contributed by atoms with Gasteiger partial charge in [0.25, 0.3) is 0 Å². The second-order valence-corrected chi connectivity index (χ2v) is 9.53. The first kappa shape index (κ1) is 25.6. The summed E-state index contributed by atoms with van der Waals surface area (Å²) >= 11 is 6.21. The van der Waals surface area contributed by atoms with E-state index in [0.29, 0.717) is 27.6 Å². The topological polar surface area (TPSA) is 39.9 Å². The maximum Gasteiger partial charge on any atom is 0.417 e. The highest BCUT2D eigenvalue weighted by molar-refractivity contribution is 6.31. The number of halogens is 4. The van der Waals surface area contributed by atoms with Crippen LogP contribution in [0, 0.1) is 0 Å². The number of hydrogen-bond donors (Lipinski definition) is 0. The second-order valence-electron chi connectivity index (χ2n) is 9.12. The van der Waals surface area contributed by atoms with Gasteiger partial charge in [-0.05, 0) is 48.5 Å². The molecule has 0 N–H and O–H groups in total. The van der Waals surface area contributed by atoms with Gasteiger partial charge in [-0.2, -0.15) is 18.3 Å². The first-order chi connectivity index (χ1) is 19.4. The molecule has 0 aliphatic heterocycles. The third kappa shape index (κ3) is 5.03. The largest absolute Gasteiger partial charge is 0.489 e. The number of fused-ring (bicyclic) bond motifs is 1. The van der Waals surface area contributed by atoms with Crippen LogP contribution in [0.5, 0.6) is 5.75 Å². The number of pyridine rings is 1. The van der Waals surface area contributed by atoms with Gasteiger partial charge in [-0.25, -0.2) is 9.67 Å². The zero-order valence-corrected chi connectivity index (χ0v) is 21.7. The fourth-order valence-corrected chi connectivity index (χ4v) is 4.72. The van der Waals surface area contributed by atoms with Gasteiger partial charge in [-0.3, -0.25) is 0 Å². The van der Waals surface area contributed by atoms with Crippen LogP contribution in [0.25, 0.3) is 39.2 Å². The van der Waals surface area contributed by atoms with E-state index in [4.69, 9.17) is 21.3 Å². The van der Waals surface area contributed by atoms with Crippen LogP contribution in [0.2, 0.25) is 5.02 Å². The Morgan fingerprint density at radius 1 is 0.750 bits per heavy atom. The van der Waals surface area contributed by atoms with Crippen molar-refractivity contribution >= 4 is 22.6 Å². The minimum atomic E-state index is -4.64. The molecule has 0 unspecified atom stereocenters. The molecule has 6 rings (SSSR count). The number of nitrogens with zero attached hydrogens (tertiary/aromatic N) is 3. The predicted molar refractivity (Wildman–Crippen MR) is 151 cm³/mol. The van der Waals surface area contributed by atoms with E-state index in [1.807, 2.05) is 30.3 Å². The highest BCUT2D eigenvalue weighted by Crippen LogP contribution is 2.41. The van der Waals surface area contributed by atoms with Gasteiger partial charge in [-0.1, -0.05) is 78.3 Å². The summed E-state index contributed by atoms with van der Waals surface area (Å²) < 4.78 is 51.1. The molecule has 2 aromatic heterocycles. The van der Waals surface area contributed by atoms with Crippen molar-refractivity contribution in [2.75, 3.05) is 0 Å². The van der Waals surface area contributed by atoms with Gasteiger partial charge in [-0.15, -0.1) is 0 Å². The van der Waals surface area contributed by atoms with Crippen LogP contribution in [-0.4, -0.2) is 14.8 Å². The normalized spacial score (nSPS) is 11.6. The first-order valence-electron chi connectivity index (χ1n) is 12.5. The minimum Gasteiger partial charge on any atom is -0.489 e. The van der Waals surface area contributed by atoms with Crippen molar-refractivity contribution in [1.82, 2.24) is 14.8 Å². The van der Waals surface area contributed by atoms with Crippen molar-refractivity contribution in [1.29, 1.82) is 0 Å². The van der Waals surface area contributed by atoms with Crippen LogP contribution in [0.1, 0.15) is 11.1 Å². The Bertz CT molecular complexity index is 1780. The van der Waals surface area contributed by atoms with Gasteiger partial charge in [0.15, 0.2) is 5.65 Å². The SMILES string of the molecule is FC(F)(F)c1cc(-c2ccc(OCc3ccccc3Cl)cc2)nc2c1c(-c1ccccc1)nn2-c1ccccc1. The fraction of sp³-hybridized carbons (Fsp3) is 0.0625. The van der Waals surface area contributed by atoms with E-state index in [0.717, 1.165) is 11.6 Å². The van der Waals surface area contributed by atoms with E-state index in [-0.39, 0.29) is 29.0 Å². The standard InChI is InChI=1S/C32H21ClF3N3O/c33-27-14-8-7-11-23(27)20-40-25-17-15-21(16-18-25)28-19-26(32(34,35)36)29-30(22-9-3-1-4-10-22)38-39(31(29)37-28)24-12-5-2-6-13-24/h1-19H,20H2. The lowest BCUT2D eigenvalue weighted by Crippen LogP contribution is -2.08. The summed E-state index contributed by atoms with van der Waals surface area (Å²) in [5, 5.41) is 5.18. The molecule has 4 nitrogen and oxygen atoms in total. The zero-order chi connectivity index (χ0) is 27.7. The van der Waals surface area contributed by atoms with Crippen LogP contribution in [0.15, 0.2) is 115 Å². The summed E-state index contributed by atoms with van der Waals surface area (Å²) in [5.41, 5.74) is 2.24. The number of rotatable bonds is 6. The summed E-state index contributed by atoms with van der Waals surface area (Å²) in [5.74, 6) is 0.557. The number of alkyl halides is 3. The zero-order valence-electron chi connectivity index (χ0n) is 20.9. The molecule has 0 spiro atoms. The molecule has 40 heavy (non-hydrogen) atoms. The van der Waals surface area contributed by atoms with E-state index in [1.165, 1.54) is 4.68 Å². The Morgan fingerprint density at radius 2 is 1.40 bits per heavy atom. The van der Waals surface area contributed by atoms with Crippen molar-refractivity contribution in [3.05, 3.63) is 131 Å². The van der Waals surface area contributed by atoms with Crippen molar-refractivity contribution in [3.8, 4) is 34.0 Å². The molecule has 0 radical (unpaired) electrons. The molecule has 198 valence electrons. The summed E-state index contributed by atoms with van der Waals surface area (Å²) in [6, 6.07) is 33.1. The molecule has 0 amide bonds. The summed E-state index contributed by atoms with van der Waals surface area (Å²) in [7, 11) is 0. The smallest absolute Gasteiger partial charge is 0.417 e. The van der Waals surface area contributed by atoms with Crippen LogP contribution in [0.3, 0.4) is 0 Å². The third-order valence-corrected chi connectivity index (χ3v) is 6.86. The van der Waals surface area contributed by atoms with E-state index in [2.05, 4.69) is 5.10 Å². The quantitative estimate of drug-likeness (QED) is 0.206. The molecule has 0 bridgehead atoms. The highest BCUT2D eigenvalue weighted by atomic mass is 35.5. The lowest BCUT2D eigenvalue weighted by molar-refractivity contribution is -0.136. The molecule has 8 heteroatoms. The Morgan fingerprint density at radius 3 is 2.08 bits per heavy atom. The van der Waals surface area contributed by atoms with Crippen LogP contribution < -0.4 is 4.74 Å². The summed E-state index contributed by atoms with van der Waals surface area (Å²) in [6.07, 6.45) is -4.64. The van der Waals surface area contributed by atoms with Gasteiger partial charge in [0.05, 0.1) is 22.3 Å². The molecule has 0 saturated carbocycles. The van der Waals surface area contributed by atoms with Gasteiger partial charge in [0.1, 0.15) is 18.1 Å². The fourth-order valence-electron chi connectivity index (χ4n) is 4.53. The van der Waals surface area contributed by atoms with E-state index in [1.54, 1.807) is 78.9 Å².